The normalized spacial score (nSPS) is 14.1. The Bertz CT molecular complexity index is 458. The summed E-state index contributed by atoms with van der Waals surface area (Å²) >= 11 is 8.83. The number of hydrogen-bond acceptors (Lipinski definition) is 4. The smallest absolute Gasteiger partial charge is 0.342 e. The van der Waals surface area contributed by atoms with Crippen LogP contribution >= 0.6 is 27.5 Å². The van der Waals surface area contributed by atoms with Gasteiger partial charge in [-0.3, -0.25) is 0 Å². The van der Waals surface area contributed by atoms with Crippen LogP contribution in [0.25, 0.3) is 0 Å². The zero-order valence-electron chi connectivity index (χ0n) is 9.49. The number of nitrogens with two attached hydrogens (primary N) is 1. The van der Waals surface area contributed by atoms with Crippen molar-refractivity contribution in [3.05, 3.63) is 27.2 Å². The predicted molar refractivity (Wildman–Crippen MR) is 69.3 cm³/mol. The van der Waals surface area contributed by atoms with E-state index in [1.807, 2.05) is 0 Å². The Morgan fingerprint density at radius 2 is 2.28 bits per heavy atom. The number of carbonyl (C=O) groups is 1. The van der Waals surface area contributed by atoms with Gasteiger partial charge in [-0.05, 0) is 19.1 Å². The van der Waals surface area contributed by atoms with Crippen molar-refractivity contribution >= 4 is 33.5 Å². The monoisotopic (exact) mass is 339 g/mol. The van der Waals surface area contributed by atoms with Crippen molar-refractivity contribution in [2.24, 2.45) is 5.73 Å². The average molecular weight is 341 g/mol. The summed E-state index contributed by atoms with van der Waals surface area (Å²) in [6.45, 7) is 1.61. The summed E-state index contributed by atoms with van der Waals surface area (Å²) in [5, 5.41) is 9.78. The minimum absolute atomic E-state index is 0.0275. The molecule has 100 valence electrons. The minimum Gasteiger partial charge on any atom is -0.506 e. The molecular formula is C11H12BrClFNO3. The first-order valence-corrected chi connectivity index (χ1v) is 6.30. The number of phenols is 1. The van der Waals surface area contributed by atoms with Gasteiger partial charge in [0.05, 0.1) is 17.7 Å². The van der Waals surface area contributed by atoms with Crippen LogP contribution < -0.4 is 5.73 Å². The number of rotatable bonds is 4. The van der Waals surface area contributed by atoms with Crippen molar-refractivity contribution in [3.8, 4) is 5.75 Å². The van der Waals surface area contributed by atoms with E-state index in [1.54, 1.807) is 6.92 Å². The Labute approximate surface area is 117 Å². The van der Waals surface area contributed by atoms with Crippen molar-refractivity contribution in [1.29, 1.82) is 0 Å². The molecule has 0 saturated carbocycles. The summed E-state index contributed by atoms with van der Waals surface area (Å²) in [5.41, 5.74) is 5.65. The fourth-order valence-corrected chi connectivity index (χ4v) is 2.14. The molecule has 0 aliphatic rings. The van der Waals surface area contributed by atoms with Crippen molar-refractivity contribution < 1.29 is 19.0 Å². The molecule has 0 radical (unpaired) electrons. The van der Waals surface area contributed by atoms with E-state index >= 15 is 0 Å². The standard InChI is InChI=1S/C11H12BrClFNO3/c1-2-18-11(17)8(14)9(15)7-5(12)3-4-6(13)10(7)16/h3-4,8-9,16H,2,15H2,1H3/t8?,9-/m1/s1. The largest absolute Gasteiger partial charge is 0.506 e. The van der Waals surface area contributed by atoms with E-state index in [9.17, 15) is 14.3 Å². The van der Waals surface area contributed by atoms with Gasteiger partial charge in [-0.1, -0.05) is 27.5 Å². The third-order valence-corrected chi connectivity index (χ3v) is 3.27. The molecule has 4 nitrogen and oxygen atoms in total. The molecule has 0 amide bonds. The molecule has 3 N–H and O–H groups in total. The third kappa shape index (κ3) is 3.13. The second-order valence-corrected chi connectivity index (χ2v) is 4.73. The highest BCUT2D eigenvalue weighted by Gasteiger charge is 2.31. The van der Waals surface area contributed by atoms with E-state index in [0.29, 0.717) is 4.47 Å². The van der Waals surface area contributed by atoms with Gasteiger partial charge in [0.2, 0.25) is 6.17 Å². The fourth-order valence-electron chi connectivity index (χ4n) is 1.39. The molecule has 2 atom stereocenters. The predicted octanol–water partition coefficient (Wildman–Crippen LogP) is 2.71. The Kier molecular flexibility index (Phi) is 5.37. The molecule has 0 spiro atoms. The van der Waals surface area contributed by atoms with Gasteiger partial charge in [0.15, 0.2) is 0 Å². The van der Waals surface area contributed by atoms with E-state index in [2.05, 4.69) is 20.7 Å². The molecule has 0 bridgehead atoms. The number of halogens is 3. The van der Waals surface area contributed by atoms with Gasteiger partial charge in [0.1, 0.15) is 5.75 Å². The maximum Gasteiger partial charge on any atom is 0.342 e. The molecule has 0 fully saturated rings. The van der Waals surface area contributed by atoms with E-state index < -0.39 is 18.2 Å². The van der Waals surface area contributed by atoms with Crippen LogP contribution in [-0.4, -0.2) is 23.9 Å². The maximum absolute atomic E-state index is 13.8. The first kappa shape index (κ1) is 15.2. The van der Waals surface area contributed by atoms with Gasteiger partial charge in [-0.25, -0.2) is 9.18 Å². The van der Waals surface area contributed by atoms with Crippen molar-refractivity contribution in [2.45, 2.75) is 19.1 Å². The molecular weight excluding hydrogens is 328 g/mol. The van der Waals surface area contributed by atoms with Crippen LogP contribution in [0.5, 0.6) is 5.75 Å². The zero-order valence-corrected chi connectivity index (χ0v) is 11.8. The second kappa shape index (κ2) is 6.36. The highest BCUT2D eigenvalue weighted by Crippen LogP contribution is 2.38. The number of alkyl halides is 1. The number of esters is 1. The summed E-state index contributed by atoms with van der Waals surface area (Å²) in [5.74, 6) is -1.43. The van der Waals surface area contributed by atoms with E-state index in [-0.39, 0.29) is 22.9 Å². The molecule has 0 heterocycles. The van der Waals surface area contributed by atoms with Crippen LogP contribution in [0, 0.1) is 0 Å². The van der Waals surface area contributed by atoms with Crippen LogP contribution in [-0.2, 0) is 9.53 Å². The number of benzene rings is 1. The molecule has 7 heteroatoms. The highest BCUT2D eigenvalue weighted by molar-refractivity contribution is 9.10. The molecule has 1 unspecified atom stereocenters. The fraction of sp³-hybridized carbons (Fsp3) is 0.364. The Morgan fingerprint density at radius 3 is 2.83 bits per heavy atom. The van der Waals surface area contributed by atoms with E-state index in [1.165, 1.54) is 12.1 Å². The lowest BCUT2D eigenvalue weighted by Gasteiger charge is -2.18. The second-order valence-electron chi connectivity index (χ2n) is 3.47. The summed E-state index contributed by atoms with van der Waals surface area (Å²) in [4.78, 5) is 11.3. The molecule has 1 aromatic carbocycles. The lowest BCUT2D eigenvalue weighted by molar-refractivity contribution is -0.149. The van der Waals surface area contributed by atoms with E-state index in [0.717, 1.165) is 0 Å². The Balaban J connectivity index is 3.07. The molecule has 0 aliphatic heterocycles. The lowest BCUT2D eigenvalue weighted by atomic mass is 10.0. The summed E-state index contributed by atoms with van der Waals surface area (Å²) in [6, 6.07) is 1.57. The van der Waals surface area contributed by atoms with Gasteiger partial charge in [0, 0.05) is 10.0 Å². The first-order valence-electron chi connectivity index (χ1n) is 5.13. The number of ether oxygens (including phenoxy) is 1. The molecule has 0 saturated heterocycles. The van der Waals surface area contributed by atoms with Crippen LogP contribution in [0.15, 0.2) is 16.6 Å². The Hall–Kier alpha value is -0.850. The topological polar surface area (TPSA) is 72.5 Å². The molecule has 1 rings (SSSR count). The van der Waals surface area contributed by atoms with Crippen LogP contribution in [0.3, 0.4) is 0 Å². The number of carbonyl (C=O) groups excluding carboxylic acids is 1. The van der Waals surface area contributed by atoms with Gasteiger partial charge >= 0.3 is 5.97 Å². The van der Waals surface area contributed by atoms with Crippen molar-refractivity contribution in [1.82, 2.24) is 0 Å². The summed E-state index contributed by atoms with van der Waals surface area (Å²) in [6.07, 6.45) is -2.08. The lowest BCUT2D eigenvalue weighted by Crippen LogP contribution is -2.31. The quantitative estimate of drug-likeness (QED) is 0.827. The number of phenolic OH excluding ortho intramolecular Hbond substituents is 1. The van der Waals surface area contributed by atoms with Crippen LogP contribution in [0.2, 0.25) is 5.02 Å². The van der Waals surface area contributed by atoms with Gasteiger partial charge in [0.25, 0.3) is 0 Å². The number of aromatic hydroxyl groups is 1. The van der Waals surface area contributed by atoms with Crippen molar-refractivity contribution in [2.75, 3.05) is 6.61 Å². The van der Waals surface area contributed by atoms with Crippen LogP contribution in [0.1, 0.15) is 18.5 Å². The number of hydrogen-bond donors (Lipinski definition) is 2. The van der Waals surface area contributed by atoms with Crippen molar-refractivity contribution in [3.63, 3.8) is 0 Å². The molecule has 18 heavy (non-hydrogen) atoms. The first-order chi connectivity index (χ1) is 8.40. The third-order valence-electron chi connectivity index (χ3n) is 2.28. The van der Waals surface area contributed by atoms with Gasteiger partial charge < -0.3 is 15.6 Å². The Morgan fingerprint density at radius 1 is 1.67 bits per heavy atom. The van der Waals surface area contributed by atoms with Gasteiger partial charge in [-0.15, -0.1) is 0 Å². The molecule has 0 aromatic heterocycles. The average Bonchev–Trinajstić information content (AvgIpc) is 2.33. The summed E-state index contributed by atoms with van der Waals surface area (Å²) < 4.78 is 18.7. The van der Waals surface area contributed by atoms with Gasteiger partial charge in [-0.2, -0.15) is 0 Å². The zero-order chi connectivity index (χ0) is 13.9. The maximum atomic E-state index is 13.8. The molecule has 0 aliphatic carbocycles. The minimum atomic E-state index is -2.08. The highest BCUT2D eigenvalue weighted by atomic mass is 79.9. The summed E-state index contributed by atoms with van der Waals surface area (Å²) in [7, 11) is 0. The molecule has 1 aromatic rings. The SMILES string of the molecule is CCOC(=O)C(F)[C@H](N)c1c(Br)ccc(Cl)c1O. The van der Waals surface area contributed by atoms with E-state index in [4.69, 9.17) is 17.3 Å². The van der Waals surface area contributed by atoms with Crippen LogP contribution in [0.4, 0.5) is 4.39 Å².